The predicted molar refractivity (Wildman–Crippen MR) is 114 cm³/mol. The molecule has 0 radical (unpaired) electrons. The van der Waals surface area contributed by atoms with Crippen molar-refractivity contribution in [3.8, 4) is 0 Å². The second-order valence-corrected chi connectivity index (χ2v) is 7.21. The van der Waals surface area contributed by atoms with E-state index in [2.05, 4.69) is 66.5 Å². The van der Waals surface area contributed by atoms with Gasteiger partial charge in [0.05, 0.1) is 6.21 Å². The molecule has 0 saturated heterocycles. The van der Waals surface area contributed by atoms with Crippen molar-refractivity contribution in [1.82, 2.24) is 15.0 Å². The number of pyridine rings is 1. The minimum atomic E-state index is -0.266. The fraction of sp³-hybridized carbons (Fsp3) is 0.0455. The molecule has 0 saturated carbocycles. The molecule has 2 heterocycles. The number of para-hydroxylation sites is 1. The fourth-order valence-electron chi connectivity index (χ4n) is 3.02. The molecule has 1 amide bonds. The molecule has 0 aliphatic rings. The summed E-state index contributed by atoms with van der Waals surface area (Å²) in [5.41, 5.74) is 6.36. The van der Waals surface area contributed by atoms with Crippen LogP contribution in [-0.4, -0.2) is 21.7 Å². The van der Waals surface area contributed by atoms with E-state index in [1.165, 1.54) is 5.56 Å². The molecule has 2 aromatic carbocycles. The Balaban J connectivity index is 1.57. The Morgan fingerprint density at radius 3 is 2.61 bits per heavy atom. The second kappa shape index (κ2) is 8.19. The van der Waals surface area contributed by atoms with E-state index in [0.29, 0.717) is 5.56 Å². The summed E-state index contributed by atoms with van der Waals surface area (Å²) < 4.78 is 3.25. The number of rotatable bonds is 5. The maximum Gasteiger partial charge on any atom is 0.271 e. The summed E-state index contributed by atoms with van der Waals surface area (Å²) in [5, 5.41) is 5.22. The van der Waals surface area contributed by atoms with Crippen LogP contribution in [0.2, 0.25) is 0 Å². The molecular formula is C22H17BrN4O. The summed E-state index contributed by atoms with van der Waals surface area (Å²) in [4.78, 5) is 16.0. The molecule has 4 aromatic rings. The number of nitrogens with zero attached hydrogens (tertiary/aromatic N) is 3. The topological polar surface area (TPSA) is 59.3 Å². The average molecular weight is 433 g/mol. The van der Waals surface area contributed by atoms with Gasteiger partial charge in [0.15, 0.2) is 0 Å². The highest BCUT2D eigenvalue weighted by Crippen LogP contribution is 2.22. The van der Waals surface area contributed by atoms with Gasteiger partial charge in [-0.25, -0.2) is 5.43 Å². The summed E-state index contributed by atoms with van der Waals surface area (Å²) >= 11 is 3.47. The summed E-state index contributed by atoms with van der Waals surface area (Å²) in [7, 11) is 0. The molecule has 0 unspecified atom stereocenters. The summed E-state index contributed by atoms with van der Waals surface area (Å²) in [6.07, 6.45) is 6.89. The molecule has 4 rings (SSSR count). The molecule has 1 N–H and O–H groups in total. The van der Waals surface area contributed by atoms with Crippen LogP contribution in [0.15, 0.2) is 88.8 Å². The Labute approximate surface area is 170 Å². The molecule has 0 spiro atoms. The minimum absolute atomic E-state index is 0.266. The van der Waals surface area contributed by atoms with E-state index in [1.54, 1.807) is 30.7 Å². The van der Waals surface area contributed by atoms with Crippen LogP contribution >= 0.6 is 15.9 Å². The lowest BCUT2D eigenvalue weighted by Crippen LogP contribution is -2.17. The number of nitrogens with one attached hydrogen (secondary N) is 1. The lowest BCUT2D eigenvalue weighted by molar-refractivity contribution is 0.0955. The van der Waals surface area contributed by atoms with Crippen LogP contribution in [0.5, 0.6) is 0 Å². The number of halogens is 1. The second-order valence-electron chi connectivity index (χ2n) is 6.29. The molecule has 0 atom stereocenters. The number of carbonyl (C=O) groups is 1. The number of amides is 1. The number of carbonyl (C=O) groups excluding carboxylic acids is 1. The third-order valence-corrected chi connectivity index (χ3v) is 4.93. The average Bonchev–Trinajstić information content (AvgIpc) is 3.08. The highest BCUT2D eigenvalue weighted by Gasteiger charge is 2.08. The number of hydrogen-bond acceptors (Lipinski definition) is 3. The minimum Gasteiger partial charge on any atom is -0.342 e. The van der Waals surface area contributed by atoms with Gasteiger partial charge in [-0.15, -0.1) is 0 Å². The molecule has 0 bridgehead atoms. The first-order chi connectivity index (χ1) is 13.7. The quantitative estimate of drug-likeness (QED) is 0.369. The lowest BCUT2D eigenvalue weighted by Gasteiger charge is -2.05. The van der Waals surface area contributed by atoms with Crippen LogP contribution in [0.25, 0.3) is 10.9 Å². The van der Waals surface area contributed by atoms with Crippen molar-refractivity contribution in [1.29, 1.82) is 0 Å². The van der Waals surface area contributed by atoms with Crippen molar-refractivity contribution in [2.24, 2.45) is 5.10 Å². The molecule has 138 valence electrons. The molecule has 28 heavy (non-hydrogen) atoms. The van der Waals surface area contributed by atoms with E-state index in [-0.39, 0.29) is 5.91 Å². The van der Waals surface area contributed by atoms with Crippen LogP contribution in [0.3, 0.4) is 0 Å². The lowest BCUT2D eigenvalue weighted by atomic mass is 10.2. The number of fused-ring (bicyclic) bond motifs is 1. The molecule has 6 heteroatoms. The Morgan fingerprint density at radius 2 is 1.82 bits per heavy atom. The summed E-state index contributed by atoms with van der Waals surface area (Å²) in [6, 6.07) is 19.7. The van der Waals surface area contributed by atoms with E-state index in [1.807, 2.05) is 24.3 Å². The molecule has 0 aliphatic heterocycles. The third kappa shape index (κ3) is 4.02. The van der Waals surface area contributed by atoms with Gasteiger partial charge in [-0.3, -0.25) is 9.78 Å². The van der Waals surface area contributed by atoms with Gasteiger partial charge >= 0.3 is 0 Å². The van der Waals surface area contributed by atoms with Crippen molar-refractivity contribution in [2.75, 3.05) is 0 Å². The number of hydrazone groups is 1. The Hall–Kier alpha value is -3.25. The molecular weight excluding hydrogens is 416 g/mol. The van der Waals surface area contributed by atoms with Crippen molar-refractivity contribution in [3.05, 3.63) is 100 Å². The Bertz CT molecular complexity index is 1130. The zero-order chi connectivity index (χ0) is 19.3. The maximum atomic E-state index is 12.1. The van der Waals surface area contributed by atoms with Crippen molar-refractivity contribution < 1.29 is 4.79 Å². The standard InChI is InChI=1S/C22H17BrN4O/c23-19-7-5-16(6-8-19)14-27-15-18(20-3-1-2-4-21(20)27)13-25-26-22(28)17-9-11-24-12-10-17/h1-13,15H,14H2,(H,26,28)/b25-13+. The van der Waals surface area contributed by atoms with Gasteiger partial charge in [0.1, 0.15) is 0 Å². The smallest absolute Gasteiger partial charge is 0.271 e. The van der Waals surface area contributed by atoms with E-state index < -0.39 is 0 Å². The molecule has 0 aliphatic carbocycles. The van der Waals surface area contributed by atoms with Crippen LogP contribution in [0.1, 0.15) is 21.5 Å². The highest BCUT2D eigenvalue weighted by atomic mass is 79.9. The van der Waals surface area contributed by atoms with E-state index in [0.717, 1.165) is 27.5 Å². The summed E-state index contributed by atoms with van der Waals surface area (Å²) in [6.45, 7) is 0.755. The van der Waals surface area contributed by atoms with Crippen molar-refractivity contribution in [3.63, 3.8) is 0 Å². The Kier molecular flexibility index (Phi) is 5.30. The summed E-state index contributed by atoms with van der Waals surface area (Å²) in [5.74, 6) is -0.266. The zero-order valence-corrected chi connectivity index (χ0v) is 16.5. The monoisotopic (exact) mass is 432 g/mol. The fourth-order valence-corrected chi connectivity index (χ4v) is 3.29. The molecule has 2 aromatic heterocycles. The SMILES string of the molecule is O=C(N/N=C/c1cn(Cc2ccc(Br)cc2)c2ccccc12)c1ccncc1. The van der Waals surface area contributed by atoms with Crippen molar-refractivity contribution in [2.45, 2.75) is 6.54 Å². The first-order valence-electron chi connectivity index (χ1n) is 8.76. The third-order valence-electron chi connectivity index (χ3n) is 4.40. The van der Waals surface area contributed by atoms with Crippen LogP contribution in [-0.2, 0) is 6.54 Å². The molecule has 0 fully saturated rings. The van der Waals surface area contributed by atoms with E-state index >= 15 is 0 Å². The van der Waals surface area contributed by atoms with E-state index in [9.17, 15) is 4.79 Å². The van der Waals surface area contributed by atoms with Crippen LogP contribution < -0.4 is 5.43 Å². The van der Waals surface area contributed by atoms with Gasteiger partial charge in [-0.2, -0.15) is 5.10 Å². The van der Waals surface area contributed by atoms with Gasteiger partial charge in [-0.1, -0.05) is 46.3 Å². The van der Waals surface area contributed by atoms with Gasteiger partial charge in [-0.05, 0) is 35.9 Å². The maximum absolute atomic E-state index is 12.1. The van der Waals surface area contributed by atoms with Crippen molar-refractivity contribution >= 4 is 39.0 Å². The van der Waals surface area contributed by atoms with Crippen LogP contribution in [0.4, 0.5) is 0 Å². The zero-order valence-electron chi connectivity index (χ0n) is 14.9. The van der Waals surface area contributed by atoms with Gasteiger partial charge in [0.2, 0.25) is 0 Å². The van der Waals surface area contributed by atoms with Gasteiger partial charge < -0.3 is 4.57 Å². The first kappa shape index (κ1) is 18.1. The first-order valence-corrected chi connectivity index (χ1v) is 9.56. The number of benzene rings is 2. The molecule has 5 nitrogen and oxygen atoms in total. The number of hydrogen-bond donors (Lipinski definition) is 1. The predicted octanol–water partition coefficient (Wildman–Crippen LogP) is 4.61. The normalized spacial score (nSPS) is 11.2. The number of aromatic nitrogens is 2. The Morgan fingerprint density at radius 1 is 1.07 bits per heavy atom. The van der Waals surface area contributed by atoms with Crippen LogP contribution in [0, 0.1) is 0 Å². The van der Waals surface area contributed by atoms with Gasteiger partial charge in [0, 0.05) is 51.6 Å². The van der Waals surface area contributed by atoms with E-state index in [4.69, 9.17) is 0 Å². The highest BCUT2D eigenvalue weighted by molar-refractivity contribution is 9.10. The van der Waals surface area contributed by atoms with Gasteiger partial charge in [0.25, 0.3) is 5.91 Å². The largest absolute Gasteiger partial charge is 0.342 e.